The molecule has 3 aromatic rings. The van der Waals surface area contributed by atoms with Crippen molar-refractivity contribution in [3.05, 3.63) is 57.2 Å². The van der Waals surface area contributed by atoms with E-state index in [0.29, 0.717) is 28.2 Å². The molecule has 0 saturated heterocycles. The molecule has 118 valence electrons. The molecule has 2 aromatic heterocycles. The van der Waals surface area contributed by atoms with Crippen LogP contribution in [0.4, 0.5) is 4.39 Å². The second-order valence-electron chi connectivity index (χ2n) is 5.00. The van der Waals surface area contributed by atoms with Crippen molar-refractivity contribution < 1.29 is 9.13 Å². The number of nitrogens with one attached hydrogen (secondary N) is 1. The normalized spacial score (nSPS) is 11.9. The lowest BCUT2D eigenvalue weighted by Crippen LogP contribution is -2.09. The first-order valence-electron chi connectivity index (χ1n) is 7.17. The van der Waals surface area contributed by atoms with Crippen molar-refractivity contribution in [2.24, 2.45) is 0 Å². The maximum atomic E-state index is 13.9. The number of halogens is 1. The molecule has 0 atom stereocenters. The predicted octanol–water partition coefficient (Wildman–Crippen LogP) is 4.08. The Morgan fingerprint density at radius 3 is 3.00 bits per heavy atom. The van der Waals surface area contributed by atoms with Crippen molar-refractivity contribution in [3.63, 3.8) is 0 Å². The van der Waals surface area contributed by atoms with E-state index in [9.17, 15) is 9.18 Å². The molecule has 0 fully saturated rings. The summed E-state index contributed by atoms with van der Waals surface area (Å²) in [7, 11) is 0. The van der Waals surface area contributed by atoms with Crippen molar-refractivity contribution in [2.75, 3.05) is 6.61 Å². The highest BCUT2D eigenvalue weighted by Gasteiger charge is 2.07. The van der Waals surface area contributed by atoms with Crippen LogP contribution < -0.4 is 10.3 Å². The van der Waals surface area contributed by atoms with Gasteiger partial charge in [0.2, 0.25) is 0 Å². The number of H-pyrrole nitrogens is 1. The summed E-state index contributed by atoms with van der Waals surface area (Å²) in [5.41, 5.74) is 1.26. The van der Waals surface area contributed by atoms with Crippen LogP contribution in [0.25, 0.3) is 21.9 Å². The van der Waals surface area contributed by atoms with E-state index in [2.05, 4.69) is 9.97 Å². The molecule has 0 spiro atoms. The Balaban J connectivity index is 1.97. The van der Waals surface area contributed by atoms with E-state index >= 15 is 0 Å². The van der Waals surface area contributed by atoms with Crippen molar-refractivity contribution in [3.8, 4) is 5.75 Å². The monoisotopic (exact) mass is 330 g/mol. The van der Waals surface area contributed by atoms with Gasteiger partial charge in [-0.2, -0.15) is 0 Å². The van der Waals surface area contributed by atoms with Crippen LogP contribution in [0.3, 0.4) is 0 Å². The van der Waals surface area contributed by atoms with Gasteiger partial charge in [0.15, 0.2) is 11.6 Å². The minimum Gasteiger partial charge on any atom is -0.491 e. The Labute approximate surface area is 136 Å². The van der Waals surface area contributed by atoms with Gasteiger partial charge in [0.05, 0.1) is 12.0 Å². The molecular formula is C17H15FN2O2S. The number of ether oxygens (including phenoxy) is 1. The fourth-order valence-corrected chi connectivity index (χ4v) is 3.01. The highest BCUT2D eigenvalue weighted by atomic mass is 32.1. The third kappa shape index (κ3) is 3.17. The molecule has 0 amide bonds. The first-order valence-corrected chi connectivity index (χ1v) is 8.05. The van der Waals surface area contributed by atoms with Gasteiger partial charge < -0.3 is 9.72 Å². The van der Waals surface area contributed by atoms with Gasteiger partial charge in [-0.3, -0.25) is 4.79 Å². The molecule has 0 radical (unpaired) electrons. The van der Waals surface area contributed by atoms with Gasteiger partial charge in [0.1, 0.15) is 10.7 Å². The van der Waals surface area contributed by atoms with Crippen molar-refractivity contribution in [1.29, 1.82) is 0 Å². The first-order chi connectivity index (χ1) is 11.1. The minimum absolute atomic E-state index is 0.170. The quantitative estimate of drug-likeness (QED) is 0.784. The van der Waals surface area contributed by atoms with Crippen LogP contribution in [0.2, 0.25) is 0 Å². The summed E-state index contributed by atoms with van der Waals surface area (Å²) in [4.78, 5) is 19.9. The molecule has 4 nitrogen and oxygen atoms in total. The van der Waals surface area contributed by atoms with Crippen LogP contribution in [0.5, 0.6) is 5.75 Å². The van der Waals surface area contributed by atoms with Gasteiger partial charge in [-0.15, -0.1) is 11.3 Å². The van der Waals surface area contributed by atoms with Crippen molar-refractivity contribution in [2.45, 2.75) is 13.8 Å². The van der Waals surface area contributed by atoms with Gasteiger partial charge in [-0.25, -0.2) is 9.37 Å². The Morgan fingerprint density at radius 1 is 1.43 bits per heavy atom. The number of aromatic amines is 1. The smallest absolute Gasteiger partial charge is 0.259 e. The summed E-state index contributed by atoms with van der Waals surface area (Å²) >= 11 is 1.41. The number of hydrogen-bond donors (Lipinski definition) is 1. The van der Waals surface area contributed by atoms with Crippen LogP contribution in [-0.2, 0) is 0 Å². The van der Waals surface area contributed by atoms with Gasteiger partial charge >= 0.3 is 0 Å². The SMILES string of the molecule is CCOc1ccc(/C=C(\C)c2nc3sccc3c(=O)[nH]2)cc1F. The van der Waals surface area contributed by atoms with Crippen molar-refractivity contribution >= 4 is 33.2 Å². The Kier molecular flexibility index (Phi) is 4.25. The zero-order chi connectivity index (χ0) is 16.4. The van der Waals surface area contributed by atoms with Gasteiger partial charge in [-0.1, -0.05) is 6.07 Å². The van der Waals surface area contributed by atoms with E-state index in [1.807, 2.05) is 12.3 Å². The molecule has 1 aromatic carbocycles. The average Bonchev–Trinajstić information content (AvgIpc) is 2.99. The Hall–Kier alpha value is -2.47. The molecule has 2 heterocycles. The lowest BCUT2D eigenvalue weighted by Gasteiger charge is -2.06. The summed E-state index contributed by atoms with van der Waals surface area (Å²) in [6.07, 6.45) is 1.77. The molecule has 0 aliphatic heterocycles. The average molecular weight is 330 g/mol. The molecule has 3 rings (SSSR count). The van der Waals surface area contributed by atoms with E-state index in [-0.39, 0.29) is 11.3 Å². The second kappa shape index (κ2) is 6.34. The van der Waals surface area contributed by atoms with E-state index in [4.69, 9.17) is 4.74 Å². The van der Waals surface area contributed by atoms with Crippen LogP contribution in [0.15, 0.2) is 34.4 Å². The minimum atomic E-state index is -0.413. The Bertz CT molecular complexity index is 943. The fourth-order valence-electron chi connectivity index (χ4n) is 2.25. The molecule has 6 heteroatoms. The molecule has 0 unspecified atom stereocenters. The topological polar surface area (TPSA) is 55.0 Å². The fraction of sp³-hybridized carbons (Fsp3) is 0.176. The van der Waals surface area contributed by atoms with Gasteiger partial charge in [0, 0.05) is 0 Å². The van der Waals surface area contributed by atoms with Crippen LogP contribution >= 0.6 is 11.3 Å². The molecule has 0 bridgehead atoms. The number of fused-ring (bicyclic) bond motifs is 1. The molecule has 0 aliphatic carbocycles. The molecule has 23 heavy (non-hydrogen) atoms. The standard InChI is InChI=1S/C17H15FN2O2S/c1-3-22-14-5-4-11(9-13(14)18)8-10(2)15-19-16(21)12-6-7-23-17(12)20-15/h4-9H,3H2,1-2H3,(H,19,20,21)/b10-8+. The van der Waals surface area contributed by atoms with Crippen LogP contribution in [0.1, 0.15) is 25.2 Å². The van der Waals surface area contributed by atoms with Gasteiger partial charge in [-0.05, 0) is 54.6 Å². The number of thiophene rings is 1. The third-order valence-electron chi connectivity index (χ3n) is 3.35. The summed E-state index contributed by atoms with van der Waals surface area (Å²) in [5.74, 6) is 0.302. The molecular weight excluding hydrogens is 315 g/mol. The number of rotatable bonds is 4. The number of hydrogen-bond acceptors (Lipinski definition) is 4. The molecule has 0 aliphatic rings. The second-order valence-corrected chi connectivity index (χ2v) is 5.90. The van der Waals surface area contributed by atoms with E-state index in [1.165, 1.54) is 17.4 Å². The maximum Gasteiger partial charge on any atom is 0.259 e. The summed E-state index contributed by atoms with van der Waals surface area (Å²) < 4.78 is 19.1. The third-order valence-corrected chi connectivity index (χ3v) is 4.15. The first kappa shape index (κ1) is 15.4. The van der Waals surface area contributed by atoms with Crippen molar-refractivity contribution in [1.82, 2.24) is 9.97 Å². The summed E-state index contributed by atoms with van der Waals surface area (Å²) in [6.45, 7) is 4.04. The zero-order valence-electron chi connectivity index (χ0n) is 12.7. The summed E-state index contributed by atoms with van der Waals surface area (Å²) in [6, 6.07) is 6.50. The summed E-state index contributed by atoms with van der Waals surface area (Å²) in [5, 5.41) is 2.41. The van der Waals surface area contributed by atoms with Crippen LogP contribution in [-0.4, -0.2) is 16.6 Å². The highest BCUT2D eigenvalue weighted by molar-refractivity contribution is 7.16. The van der Waals surface area contributed by atoms with E-state index < -0.39 is 5.82 Å². The maximum absolute atomic E-state index is 13.9. The highest BCUT2D eigenvalue weighted by Crippen LogP contribution is 2.22. The van der Waals surface area contributed by atoms with E-state index in [1.54, 1.807) is 31.2 Å². The lowest BCUT2D eigenvalue weighted by atomic mass is 10.1. The Morgan fingerprint density at radius 2 is 2.26 bits per heavy atom. The lowest BCUT2D eigenvalue weighted by molar-refractivity contribution is 0.321. The van der Waals surface area contributed by atoms with Gasteiger partial charge in [0.25, 0.3) is 5.56 Å². The largest absolute Gasteiger partial charge is 0.491 e. The number of aromatic nitrogens is 2. The molecule has 1 N–H and O–H groups in total. The van der Waals surface area contributed by atoms with E-state index in [0.717, 1.165) is 5.57 Å². The zero-order valence-corrected chi connectivity index (χ0v) is 13.5. The molecule has 0 saturated carbocycles. The number of benzene rings is 1. The predicted molar refractivity (Wildman–Crippen MR) is 91.4 cm³/mol. The van der Waals surface area contributed by atoms with Crippen LogP contribution in [0, 0.1) is 5.82 Å². The number of nitrogens with zero attached hydrogens (tertiary/aromatic N) is 1. The number of allylic oxidation sites excluding steroid dienone is 1.